The lowest BCUT2D eigenvalue weighted by atomic mass is 9.49. The SMILES string of the molecule is [B]C([B])([B])NC(=O)c1nnc(NC(=O)C2CC2)cc1Nc1cccc(-c2nc(CN3CCN(C(=O)OC(C)(C)C)CC3)no2)c1OC. The van der Waals surface area contributed by atoms with Gasteiger partial charge in [0.2, 0.25) is 5.91 Å². The number of nitrogens with zero attached hydrogens (tertiary/aromatic N) is 6. The van der Waals surface area contributed by atoms with Gasteiger partial charge in [0.15, 0.2) is 23.1 Å². The molecule has 15 nitrogen and oxygen atoms in total. The molecule has 0 spiro atoms. The molecule has 1 aliphatic heterocycles. The Kier molecular flexibility index (Phi) is 9.80. The molecule has 3 amide bonds. The van der Waals surface area contributed by atoms with Gasteiger partial charge < -0.3 is 34.8 Å². The van der Waals surface area contributed by atoms with E-state index in [9.17, 15) is 14.4 Å². The number of benzene rings is 1. The number of piperazine rings is 1. The van der Waals surface area contributed by atoms with Crippen LogP contribution in [-0.4, -0.2) is 116 Å². The number of nitrogens with one attached hydrogen (secondary N) is 3. The summed E-state index contributed by atoms with van der Waals surface area (Å²) in [7, 11) is 18.2. The summed E-state index contributed by atoms with van der Waals surface area (Å²) in [6.45, 7) is 8.18. The van der Waals surface area contributed by atoms with Crippen LogP contribution in [-0.2, 0) is 16.1 Å². The molecular formula is C29H34B3N9O6. The fourth-order valence-corrected chi connectivity index (χ4v) is 4.76. The fourth-order valence-electron chi connectivity index (χ4n) is 4.76. The number of para-hydroxylation sites is 1. The Balaban J connectivity index is 1.33. The Bertz CT molecular complexity index is 1630. The molecule has 2 aliphatic rings. The Labute approximate surface area is 276 Å². The van der Waals surface area contributed by atoms with E-state index >= 15 is 0 Å². The van der Waals surface area contributed by atoms with Gasteiger partial charge in [-0.1, -0.05) is 16.5 Å². The van der Waals surface area contributed by atoms with Crippen molar-refractivity contribution in [3.63, 3.8) is 0 Å². The van der Waals surface area contributed by atoms with Crippen molar-refractivity contribution in [3.05, 3.63) is 35.8 Å². The van der Waals surface area contributed by atoms with Crippen molar-refractivity contribution in [2.45, 2.75) is 51.0 Å². The highest BCUT2D eigenvalue weighted by Crippen LogP contribution is 2.38. The third kappa shape index (κ3) is 9.02. The van der Waals surface area contributed by atoms with Gasteiger partial charge in [-0.05, 0) is 45.7 Å². The first kappa shape index (κ1) is 33.8. The minimum atomic E-state index is -2.02. The van der Waals surface area contributed by atoms with Gasteiger partial charge >= 0.3 is 6.09 Å². The lowest BCUT2D eigenvalue weighted by Gasteiger charge is -2.35. The smallest absolute Gasteiger partial charge is 0.410 e. The first-order chi connectivity index (χ1) is 22.2. The molecule has 240 valence electrons. The molecule has 1 aliphatic carbocycles. The number of anilines is 3. The molecule has 3 heterocycles. The minimum absolute atomic E-state index is 0.0820. The molecule has 18 heteroatoms. The Morgan fingerprint density at radius 2 is 1.77 bits per heavy atom. The van der Waals surface area contributed by atoms with Crippen molar-refractivity contribution in [2.75, 3.05) is 43.9 Å². The maximum atomic E-state index is 13.0. The minimum Gasteiger partial charge on any atom is -0.494 e. The molecule has 3 aromatic rings. The highest BCUT2D eigenvalue weighted by Gasteiger charge is 2.31. The van der Waals surface area contributed by atoms with E-state index in [1.165, 1.54) is 13.2 Å². The number of amides is 3. The van der Waals surface area contributed by atoms with Gasteiger partial charge in [-0.2, -0.15) is 4.98 Å². The summed E-state index contributed by atoms with van der Waals surface area (Å²) >= 11 is 0. The third-order valence-electron chi connectivity index (χ3n) is 7.11. The van der Waals surface area contributed by atoms with E-state index in [1.54, 1.807) is 23.1 Å². The van der Waals surface area contributed by atoms with Crippen LogP contribution < -0.4 is 20.7 Å². The highest BCUT2D eigenvalue weighted by molar-refractivity contribution is 6.60. The molecule has 0 unspecified atom stereocenters. The molecule has 1 saturated heterocycles. The second kappa shape index (κ2) is 13.6. The van der Waals surface area contributed by atoms with Crippen LogP contribution in [0.3, 0.4) is 0 Å². The molecule has 3 N–H and O–H groups in total. The Hall–Kier alpha value is -4.60. The quantitative estimate of drug-likeness (QED) is 0.274. The van der Waals surface area contributed by atoms with Crippen LogP contribution in [0, 0.1) is 5.92 Å². The molecule has 1 aromatic carbocycles. The summed E-state index contributed by atoms with van der Waals surface area (Å²) in [4.78, 5) is 46.1. The average molecular weight is 637 g/mol. The first-order valence-corrected chi connectivity index (χ1v) is 15.0. The predicted molar refractivity (Wildman–Crippen MR) is 173 cm³/mol. The van der Waals surface area contributed by atoms with Crippen LogP contribution in [0.15, 0.2) is 28.8 Å². The van der Waals surface area contributed by atoms with Crippen molar-refractivity contribution in [3.8, 4) is 17.2 Å². The summed E-state index contributed by atoms with van der Waals surface area (Å²) in [5, 5.41) is 18.2. The number of ether oxygens (including phenoxy) is 2. The number of aromatic nitrogens is 4. The van der Waals surface area contributed by atoms with Gasteiger partial charge in [-0.15, -0.1) is 10.2 Å². The maximum absolute atomic E-state index is 13.0. The van der Waals surface area contributed by atoms with Gasteiger partial charge in [0.1, 0.15) is 5.60 Å². The number of carbonyl (C=O) groups is 3. The molecule has 2 aromatic heterocycles. The molecule has 47 heavy (non-hydrogen) atoms. The molecule has 5 rings (SSSR count). The van der Waals surface area contributed by atoms with Gasteiger partial charge in [-0.25, -0.2) is 4.79 Å². The first-order valence-electron chi connectivity index (χ1n) is 15.0. The van der Waals surface area contributed by atoms with Crippen LogP contribution in [0.25, 0.3) is 11.5 Å². The van der Waals surface area contributed by atoms with Crippen molar-refractivity contribution >= 4 is 58.6 Å². The van der Waals surface area contributed by atoms with Gasteiger partial charge in [0.25, 0.3) is 11.8 Å². The summed E-state index contributed by atoms with van der Waals surface area (Å²) in [6.07, 6.45) is 1.26. The Morgan fingerprint density at radius 1 is 1.04 bits per heavy atom. The standard InChI is InChI=1S/C29H34B3N9O6/c1-28(2,3)46-27(44)41-12-10-40(11-13-41)15-21-35-26(47-39-21)17-6-5-7-18(23(17)45-4)33-19-14-20(34-24(42)16-8-9-16)37-38-22(19)25(43)36-29(30,31)32/h5-7,14,16H,8-13,15H2,1-4H3,(H,36,43)(H2,33,34,37,42). The number of rotatable bonds is 10. The van der Waals surface area contributed by atoms with Crippen molar-refractivity contribution in [2.24, 2.45) is 5.92 Å². The molecule has 6 radical (unpaired) electrons. The Morgan fingerprint density at radius 3 is 2.40 bits per heavy atom. The topological polar surface area (TPSA) is 177 Å². The average Bonchev–Trinajstić information content (AvgIpc) is 3.74. The van der Waals surface area contributed by atoms with E-state index in [-0.39, 0.29) is 41.0 Å². The molecule has 0 atom stereocenters. The lowest BCUT2D eigenvalue weighted by molar-refractivity contribution is -0.117. The normalized spacial score (nSPS) is 15.5. The van der Waals surface area contributed by atoms with Crippen LogP contribution >= 0.6 is 0 Å². The van der Waals surface area contributed by atoms with Gasteiger partial charge in [0.05, 0.1) is 54.1 Å². The zero-order valence-corrected chi connectivity index (χ0v) is 26.7. The van der Waals surface area contributed by atoms with Crippen molar-refractivity contribution in [1.29, 1.82) is 0 Å². The van der Waals surface area contributed by atoms with Crippen molar-refractivity contribution < 1.29 is 28.4 Å². The molecule has 1 saturated carbocycles. The van der Waals surface area contributed by atoms with E-state index in [0.717, 1.165) is 12.8 Å². The van der Waals surface area contributed by atoms with E-state index < -0.39 is 16.7 Å². The number of carbonyl (C=O) groups excluding carboxylic acids is 3. The van der Waals surface area contributed by atoms with E-state index in [1.807, 2.05) is 20.8 Å². The second-order valence-electron chi connectivity index (χ2n) is 12.4. The third-order valence-corrected chi connectivity index (χ3v) is 7.11. The summed E-state index contributed by atoms with van der Waals surface area (Å²) in [6, 6.07) is 6.63. The fraction of sp³-hybridized carbons (Fsp3) is 0.483. The van der Waals surface area contributed by atoms with Gasteiger partial charge in [-0.3, -0.25) is 14.5 Å². The lowest BCUT2D eigenvalue weighted by Crippen LogP contribution is -2.50. The monoisotopic (exact) mass is 637 g/mol. The predicted octanol–water partition coefficient (Wildman–Crippen LogP) is 1.53. The zero-order valence-electron chi connectivity index (χ0n) is 26.7. The number of methoxy groups -OCH3 is 1. The summed E-state index contributed by atoms with van der Waals surface area (Å²) < 4.78 is 16.8. The second-order valence-corrected chi connectivity index (χ2v) is 12.4. The largest absolute Gasteiger partial charge is 0.494 e. The summed E-state index contributed by atoms with van der Waals surface area (Å²) in [5.74, 6) is 0.0282. The molecule has 2 fully saturated rings. The van der Waals surface area contributed by atoms with Crippen molar-refractivity contribution in [1.82, 2.24) is 35.5 Å². The van der Waals surface area contributed by atoms with E-state index in [2.05, 4.69) is 41.2 Å². The van der Waals surface area contributed by atoms with Crippen LogP contribution in [0.1, 0.15) is 49.9 Å². The van der Waals surface area contributed by atoms with Crippen LogP contribution in [0.5, 0.6) is 5.75 Å². The molecule has 0 bridgehead atoms. The van der Waals surface area contributed by atoms with E-state index in [4.69, 9.17) is 37.5 Å². The van der Waals surface area contributed by atoms with Crippen LogP contribution in [0.2, 0.25) is 0 Å². The van der Waals surface area contributed by atoms with Gasteiger partial charge in [0, 0.05) is 38.2 Å². The summed E-state index contributed by atoms with van der Waals surface area (Å²) in [5.41, 5.74) is 0.285. The maximum Gasteiger partial charge on any atom is 0.410 e. The molecular weight excluding hydrogens is 603 g/mol. The highest BCUT2D eigenvalue weighted by atomic mass is 16.6. The van der Waals surface area contributed by atoms with E-state index in [0.29, 0.717) is 55.5 Å². The van der Waals surface area contributed by atoms with Crippen LogP contribution in [0.4, 0.5) is 22.0 Å². The number of hydrogen-bond acceptors (Lipinski definition) is 12. The number of hydrogen-bond donors (Lipinski definition) is 3. The zero-order chi connectivity index (χ0) is 33.9.